The van der Waals surface area contributed by atoms with E-state index in [4.69, 9.17) is 0 Å². The van der Waals surface area contributed by atoms with Crippen molar-refractivity contribution in [1.82, 2.24) is 15.5 Å². The van der Waals surface area contributed by atoms with E-state index in [1.807, 2.05) is 37.3 Å². The quantitative estimate of drug-likeness (QED) is 0.196. The Labute approximate surface area is 187 Å². The van der Waals surface area contributed by atoms with Gasteiger partial charge in [0.25, 0.3) is 5.69 Å². The molecule has 1 atom stereocenters. The van der Waals surface area contributed by atoms with Gasteiger partial charge in [0.15, 0.2) is 5.96 Å². The highest BCUT2D eigenvalue weighted by molar-refractivity contribution is 14.0. The molecule has 0 heterocycles. The van der Waals surface area contributed by atoms with Crippen molar-refractivity contribution >= 4 is 41.5 Å². The highest BCUT2D eigenvalue weighted by Gasteiger charge is 2.10. The number of rotatable bonds is 7. The van der Waals surface area contributed by atoms with Gasteiger partial charge in [-0.25, -0.2) is 4.99 Å². The predicted octanol–water partition coefficient (Wildman–Crippen LogP) is 3.10. The lowest BCUT2D eigenvalue weighted by Gasteiger charge is -2.19. The van der Waals surface area contributed by atoms with Crippen LogP contribution in [0, 0.1) is 10.1 Å². The largest absolute Gasteiger partial charge is 0.350 e. The van der Waals surface area contributed by atoms with Crippen LogP contribution in [-0.4, -0.2) is 42.3 Å². The molecule has 0 aliphatic carbocycles. The van der Waals surface area contributed by atoms with E-state index in [1.54, 1.807) is 26.2 Å². The molecule has 0 aliphatic heterocycles. The SMILES string of the molecule is CC(NC(=NCc1ccc([N+](=O)[O-])cc1)NCC(=O)N(C)C)c1ccccc1.I. The van der Waals surface area contributed by atoms with Crippen molar-refractivity contribution in [2.24, 2.45) is 4.99 Å². The third kappa shape index (κ3) is 8.06. The van der Waals surface area contributed by atoms with E-state index in [0.29, 0.717) is 12.5 Å². The fraction of sp³-hybridized carbons (Fsp3) is 0.300. The van der Waals surface area contributed by atoms with Crippen molar-refractivity contribution in [2.75, 3.05) is 20.6 Å². The Morgan fingerprint density at radius 1 is 1.14 bits per heavy atom. The molecule has 1 amide bonds. The Kier molecular flexibility index (Phi) is 10.1. The lowest BCUT2D eigenvalue weighted by molar-refractivity contribution is -0.384. The molecule has 0 spiro atoms. The molecular weight excluding hydrogens is 485 g/mol. The van der Waals surface area contributed by atoms with Gasteiger partial charge in [-0.3, -0.25) is 14.9 Å². The van der Waals surface area contributed by atoms with Gasteiger partial charge in [0, 0.05) is 26.2 Å². The normalized spacial score (nSPS) is 11.8. The fourth-order valence-electron chi connectivity index (χ4n) is 2.39. The standard InChI is InChI=1S/C20H25N5O3.HI/c1-15(17-7-5-4-6-8-17)23-20(22-14-19(26)24(2)3)21-13-16-9-11-18(12-10-16)25(27)28;/h4-12,15H,13-14H2,1-3H3,(H2,21,22,23);1H. The predicted molar refractivity (Wildman–Crippen MR) is 124 cm³/mol. The summed E-state index contributed by atoms with van der Waals surface area (Å²) in [6, 6.07) is 16.1. The highest BCUT2D eigenvalue weighted by Crippen LogP contribution is 2.13. The van der Waals surface area contributed by atoms with E-state index in [2.05, 4.69) is 15.6 Å². The van der Waals surface area contributed by atoms with Crippen molar-refractivity contribution in [3.05, 3.63) is 75.8 Å². The molecule has 9 heteroatoms. The number of benzene rings is 2. The van der Waals surface area contributed by atoms with Crippen LogP contribution in [0.4, 0.5) is 5.69 Å². The minimum absolute atomic E-state index is 0. The molecule has 1 unspecified atom stereocenters. The number of nitrogens with zero attached hydrogens (tertiary/aromatic N) is 3. The highest BCUT2D eigenvalue weighted by atomic mass is 127. The van der Waals surface area contributed by atoms with Crippen molar-refractivity contribution in [3.63, 3.8) is 0 Å². The molecule has 8 nitrogen and oxygen atoms in total. The molecule has 0 radical (unpaired) electrons. The van der Waals surface area contributed by atoms with E-state index >= 15 is 0 Å². The molecule has 2 aromatic rings. The number of nitro benzene ring substituents is 1. The number of halogens is 1. The summed E-state index contributed by atoms with van der Waals surface area (Å²) >= 11 is 0. The van der Waals surface area contributed by atoms with Crippen molar-refractivity contribution in [2.45, 2.75) is 19.5 Å². The van der Waals surface area contributed by atoms with E-state index in [9.17, 15) is 14.9 Å². The number of carbonyl (C=O) groups is 1. The monoisotopic (exact) mass is 511 g/mol. The van der Waals surface area contributed by atoms with Gasteiger partial charge >= 0.3 is 0 Å². The van der Waals surface area contributed by atoms with E-state index in [0.717, 1.165) is 11.1 Å². The van der Waals surface area contributed by atoms with Crippen LogP contribution in [0.5, 0.6) is 0 Å². The summed E-state index contributed by atoms with van der Waals surface area (Å²) in [6.07, 6.45) is 0. The van der Waals surface area contributed by atoms with Gasteiger partial charge in [-0.15, -0.1) is 24.0 Å². The summed E-state index contributed by atoms with van der Waals surface area (Å²) in [5.74, 6) is 0.419. The van der Waals surface area contributed by atoms with Crippen LogP contribution in [0.1, 0.15) is 24.1 Å². The zero-order valence-corrected chi connectivity index (χ0v) is 19.0. The molecule has 29 heavy (non-hydrogen) atoms. The van der Waals surface area contributed by atoms with Gasteiger partial charge in [0.2, 0.25) is 5.91 Å². The first-order valence-corrected chi connectivity index (χ1v) is 8.90. The molecule has 0 saturated carbocycles. The van der Waals surface area contributed by atoms with Crippen LogP contribution in [0.25, 0.3) is 0 Å². The van der Waals surface area contributed by atoms with Crippen LogP contribution in [-0.2, 0) is 11.3 Å². The molecule has 0 saturated heterocycles. The van der Waals surface area contributed by atoms with Crippen LogP contribution >= 0.6 is 24.0 Å². The van der Waals surface area contributed by atoms with Gasteiger partial charge in [0.05, 0.1) is 24.1 Å². The Morgan fingerprint density at radius 2 is 1.76 bits per heavy atom. The molecule has 0 bridgehead atoms. The van der Waals surface area contributed by atoms with Gasteiger partial charge in [-0.1, -0.05) is 42.5 Å². The van der Waals surface area contributed by atoms with E-state index in [1.165, 1.54) is 17.0 Å². The molecule has 2 aromatic carbocycles. The zero-order valence-electron chi connectivity index (χ0n) is 16.7. The second kappa shape index (κ2) is 12.0. The number of carbonyl (C=O) groups excluding carboxylic acids is 1. The van der Waals surface area contributed by atoms with Crippen LogP contribution in [0.2, 0.25) is 0 Å². The smallest absolute Gasteiger partial charge is 0.269 e. The summed E-state index contributed by atoms with van der Waals surface area (Å²) in [6.45, 7) is 2.44. The summed E-state index contributed by atoms with van der Waals surface area (Å²) in [5, 5.41) is 17.1. The van der Waals surface area contributed by atoms with Crippen LogP contribution < -0.4 is 10.6 Å². The minimum atomic E-state index is -0.435. The molecule has 0 fully saturated rings. The Morgan fingerprint density at radius 3 is 2.31 bits per heavy atom. The second-order valence-electron chi connectivity index (χ2n) is 6.51. The minimum Gasteiger partial charge on any atom is -0.350 e. The summed E-state index contributed by atoms with van der Waals surface area (Å²) in [5.41, 5.74) is 1.96. The van der Waals surface area contributed by atoms with Crippen molar-refractivity contribution in [3.8, 4) is 0 Å². The number of nitrogens with one attached hydrogen (secondary N) is 2. The number of nitro groups is 1. The average molecular weight is 511 g/mol. The first-order chi connectivity index (χ1) is 13.4. The third-order valence-corrected chi connectivity index (χ3v) is 4.13. The van der Waals surface area contributed by atoms with Crippen LogP contribution in [0.15, 0.2) is 59.6 Å². The van der Waals surface area contributed by atoms with Gasteiger partial charge in [-0.2, -0.15) is 0 Å². The van der Waals surface area contributed by atoms with Gasteiger partial charge in [-0.05, 0) is 18.1 Å². The lowest BCUT2D eigenvalue weighted by Crippen LogP contribution is -2.43. The maximum absolute atomic E-state index is 11.9. The Bertz CT molecular complexity index is 826. The maximum Gasteiger partial charge on any atom is 0.269 e. The number of hydrogen-bond acceptors (Lipinski definition) is 4. The fourth-order valence-corrected chi connectivity index (χ4v) is 2.39. The topological polar surface area (TPSA) is 99.9 Å². The first-order valence-electron chi connectivity index (χ1n) is 8.90. The van der Waals surface area contributed by atoms with Crippen molar-refractivity contribution in [1.29, 1.82) is 0 Å². The molecule has 156 valence electrons. The van der Waals surface area contributed by atoms with Gasteiger partial charge < -0.3 is 15.5 Å². The van der Waals surface area contributed by atoms with Crippen molar-refractivity contribution < 1.29 is 9.72 Å². The molecule has 2 rings (SSSR count). The summed E-state index contributed by atoms with van der Waals surface area (Å²) < 4.78 is 0. The van der Waals surface area contributed by atoms with E-state index < -0.39 is 4.92 Å². The Balaban J connectivity index is 0.00000420. The molecular formula is C20H26IN5O3. The number of hydrogen-bond donors (Lipinski definition) is 2. The number of guanidine groups is 1. The average Bonchev–Trinajstić information content (AvgIpc) is 2.70. The number of aliphatic imine (C=N–C) groups is 1. The zero-order chi connectivity index (χ0) is 20.5. The first kappa shape index (κ1) is 24.3. The number of amides is 1. The number of non-ortho nitro benzene ring substituents is 1. The molecule has 0 aromatic heterocycles. The second-order valence-corrected chi connectivity index (χ2v) is 6.51. The molecule has 0 aliphatic rings. The third-order valence-electron chi connectivity index (χ3n) is 4.13. The summed E-state index contributed by atoms with van der Waals surface area (Å²) in [4.78, 5) is 28.2. The van der Waals surface area contributed by atoms with Gasteiger partial charge in [0.1, 0.15) is 0 Å². The van der Waals surface area contributed by atoms with Crippen LogP contribution in [0.3, 0.4) is 0 Å². The van der Waals surface area contributed by atoms with E-state index in [-0.39, 0.29) is 48.2 Å². The lowest BCUT2D eigenvalue weighted by atomic mass is 10.1. The maximum atomic E-state index is 11.9. The number of likely N-dealkylation sites (N-methyl/N-ethyl adjacent to an activating group) is 1. The molecule has 2 N–H and O–H groups in total. The summed E-state index contributed by atoms with van der Waals surface area (Å²) in [7, 11) is 3.38. The Hall–Kier alpha value is -2.69.